The normalized spacial score (nSPS) is 18.0. The van der Waals surface area contributed by atoms with Crippen LogP contribution in [-0.4, -0.2) is 84.1 Å². The quantitative estimate of drug-likeness (QED) is 0.637. The van der Waals surface area contributed by atoms with Crippen LogP contribution in [0.1, 0.15) is 13.8 Å². The Bertz CT molecular complexity index is 333. The maximum absolute atomic E-state index is 12.5. The third kappa shape index (κ3) is 5.72. The Morgan fingerprint density at radius 1 is 1.24 bits per heavy atom. The van der Waals surface area contributed by atoms with Gasteiger partial charge in [-0.1, -0.05) is 0 Å². The van der Waals surface area contributed by atoms with Crippen molar-refractivity contribution in [2.24, 2.45) is 0 Å². The Kier molecular flexibility index (Phi) is 8.48. The van der Waals surface area contributed by atoms with E-state index in [1.807, 2.05) is 13.8 Å². The lowest BCUT2D eigenvalue weighted by Gasteiger charge is -2.29. The first-order chi connectivity index (χ1) is 10.1. The van der Waals surface area contributed by atoms with Gasteiger partial charge in [0, 0.05) is 32.1 Å². The zero-order valence-electron chi connectivity index (χ0n) is 12.6. The van der Waals surface area contributed by atoms with Crippen LogP contribution in [0.4, 0.5) is 4.79 Å². The molecule has 1 aliphatic rings. The van der Waals surface area contributed by atoms with Crippen molar-refractivity contribution >= 4 is 23.8 Å². The molecule has 1 N–H and O–H groups in total. The molecule has 1 rings (SSSR count). The summed E-state index contributed by atoms with van der Waals surface area (Å²) < 4.78 is 10.6. The number of carbonyl (C=O) groups is 2. The summed E-state index contributed by atoms with van der Waals surface area (Å²) in [5.74, 6) is -0.107. The molecule has 7 nitrogen and oxygen atoms in total. The van der Waals surface area contributed by atoms with E-state index in [9.17, 15) is 9.59 Å². The highest BCUT2D eigenvalue weighted by molar-refractivity contribution is 7.99. The fourth-order valence-corrected chi connectivity index (χ4v) is 3.10. The van der Waals surface area contributed by atoms with Gasteiger partial charge in [-0.3, -0.25) is 0 Å². The Morgan fingerprint density at radius 3 is 2.29 bits per heavy atom. The average Bonchev–Trinajstić information content (AvgIpc) is 2.95. The highest BCUT2D eigenvalue weighted by Crippen LogP contribution is 2.22. The SMILES string of the molecule is CCOCCN(CCOCC)C(=O)N1CSC[C@H]1C(=O)O. The van der Waals surface area contributed by atoms with Crippen LogP contribution < -0.4 is 0 Å². The predicted molar refractivity (Wildman–Crippen MR) is 80.5 cm³/mol. The van der Waals surface area contributed by atoms with E-state index in [1.54, 1.807) is 4.90 Å². The summed E-state index contributed by atoms with van der Waals surface area (Å²) in [4.78, 5) is 26.7. The Labute approximate surface area is 129 Å². The Morgan fingerprint density at radius 2 is 1.81 bits per heavy atom. The number of carboxylic acids is 1. The van der Waals surface area contributed by atoms with Gasteiger partial charge in [0.05, 0.1) is 19.1 Å². The first-order valence-corrected chi connectivity index (χ1v) is 8.28. The second-order valence-corrected chi connectivity index (χ2v) is 5.49. The number of rotatable bonds is 9. The summed E-state index contributed by atoms with van der Waals surface area (Å²) >= 11 is 1.46. The molecule has 1 atom stereocenters. The van der Waals surface area contributed by atoms with Gasteiger partial charge in [0.25, 0.3) is 0 Å². The van der Waals surface area contributed by atoms with Crippen LogP contribution in [0.3, 0.4) is 0 Å². The summed E-state index contributed by atoms with van der Waals surface area (Å²) in [5, 5.41) is 9.17. The molecule has 1 saturated heterocycles. The van der Waals surface area contributed by atoms with Crippen LogP contribution in [-0.2, 0) is 14.3 Å². The van der Waals surface area contributed by atoms with E-state index in [1.165, 1.54) is 16.7 Å². The zero-order chi connectivity index (χ0) is 15.7. The van der Waals surface area contributed by atoms with Gasteiger partial charge < -0.3 is 24.4 Å². The van der Waals surface area contributed by atoms with Crippen molar-refractivity contribution < 1.29 is 24.2 Å². The highest BCUT2D eigenvalue weighted by atomic mass is 32.2. The van der Waals surface area contributed by atoms with Gasteiger partial charge in [0.2, 0.25) is 0 Å². The maximum Gasteiger partial charge on any atom is 0.327 e. The van der Waals surface area contributed by atoms with Crippen molar-refractivity contribution in [3.05, 3.63) is 0 Å². The second kappa shape index (κ2) is 9.86. The number of hydrogen-bond donors (Lipinski definition) is 1. The Balaban J connectivity index is 2.61. The first kappa shape index (κ1) is 18.1. The fraction of sp³-hybridized carbons (Fsp3) is 0.846. The summed E-state index contributed by atoms with van der Waals surface area (Å²) in [6.45, 7) is 6.71. The van der Waals surface area contributed by atoms with Gasteiger partial charge in [-0.15, -0.1) is 11.8 Å². The molecule has 1 fully saturated rings. The molecule has 0 saturated carbocycles. The average molecular weight is 320 g/mol. The smallest absolute Gasteiger partial charge is 0.327 e. The summed E-state index contributed by atoms with van der Waals surface area (Å²) in [7, 11) is 0. The van der Waals surface area contributed by atoms with Gasteiger partial charge >= 0.3 is 12.0 Å². The first-order valence-electron chi connectivity index (χ1n) is 7.13. The number of urea groups is 1. The van der Waals surface area contributed by atoms with Crippen LogP contribution in [0, 0.1) is 0 Å². The molecule has 2 amide bonds. The summed E-state index contributed by atoms with van der Waals surface area (Å²) in [6.07, 6.45) is 0. The van der Waals surface area contributed by atoms with Crippen molar-refractivity contribution in [2.75, 3.05) is 51.1 Å². The number of amides is 2. The fourth-order valence-electron chi connectivity index (χ4n) is 1.96. The number of nitrogens with zero attached hydrogens (tertiary/aromatic N) is 2. The van der Waals surface area contributed by atoms with E-state index < -0.39 is 12.0 Å². The minimum atomic E-state index is -0.956. The number of carboxylic acid groups (broad SMARTS) is 1. The lowest BCUT2D eigenvalue weighted by atomic mass is 10.3. The minimum absolute atomic E-state index is 0.258. The molecule has 122 valence electrons. The predicted octanol–water partition coefficient (Wildman–Crippen LogP) is 0.941. The lowest BCUT2D eigenvalue weighted by Crippen LogP contribution is -2.50. The van der Waals surface area contributed by atoms with Gasteiger partial charge in [-0.2, -0.15) is 0 Å². The van der Waals surface area contributed by atoms with Gasteiger partial charge in [0.15, 0.2) is 0 Å². The maximum atomic E-state index is 12.5. The molecule has 0 aromatic rings. The van der Waals surface area contributed by atoms with E-state index in [-0.39, 0.29) is 6.03 Å². The molecule has 0 radical (unpaired) electrons. The molecule has 0 unspecified atom stereocenters. The van der Waals surface area contributed by atoms with Gasteiger partial charge in [0.1, 0.15) is 6.04 Å². The van der Waals surface area contributed by atoms with Crippen LogP contribution in [0.15, 0.2) is 0 Å². The van der Waals surface area contributed by atoms with Gasteiger partial charge in [-0.25, -0.2) is 9.59 Å². The van der Waals surface area contributed by atoms with Crippen molar-refractivity contribution in [3.8, 4) is 0 Å². The number of hydrogen-bond acceptors (Lipinski definition) is 5. The molecule has 21 heavy (non-hydrogen) atoms. The molecule has 0 aromatic heterocycles. The molecule has 1 aliphatic heterocycles. The zero-order valence-corrected chi connectivity index (χ0v) is 13.4. The number of ether oxygens (including phenoxy) is 2. The number of aliphatic carboxylic acids is 1. The molecule has 1 heterocycles. The van der Waals surface area contributed by atoms with Gasteiger partial charge in [-0.05, 0) is 13.8 Å². The largest absolute Gasteiger partial charge is 0.480 e. The van der Waals surface area contributed by atoms with E-state index in [0.717, 1.165) is 0 Å². The third-order valence-corrected chi connectivity index (χ3v) is 4.12. The number of carbonyl (C=O) groups excluding carboxylic acids is 1. The molecular weight excluding hydrogens is 296 g/mol. The van der Waals surface area contributed by atoms with E-state index in [4.69, 9.17) is 14.6 Å². The van der Waals surface area contributed by atoms with E-state index in [0.29, 0.717) is 51.1 Å². The lowest BCUT2D eigenvalue weighted by molar-refractivity contribution is -0.140. The standard InChI is InChI=1S/C13H24N2O5S/c1-3-19-7-5-14(6-8-20-4-2)13(18)15-10-21-9-11(15)12(16)17/h11H,3-10H2,1-2H3,(H,16,17)/t11-/m0/s1. The van der Waals surface area contributed by atoms with Crippen LogP contribution >= 0.6 is 11.8 Å². The molecule has 0 bridgehead atoms. The molecular formula is C13H24N2O5S. The van der Waals surface area contributed by atoms with E-state index in [2.05, 4.69) is 0 Å². The second-order valence-electron chi connectivity index (χ2n) is 4.49. The van der Waals surface area contributed by atoms with Crippen molar-refractivity contribution in [2.45, 2.75) is 19.9 Å². The van der Waals surface area contributed by atoms with Crippen molar-refractivity contribution in [1.29, 1.82) is 0 Å². The Hall–Kier alpha value is -0.990. The monoisotopic (exact) mass is 320 g/mol. The van der Waals surface area contributed by atoms with Crippen molar-refractivity contribution in [1.82, 2.24) is 9.80 Å². The van der Waals surface area contributed by atoms with Crippen LogP contribution in [0.5, 0.6) is 0 Å². The summed E-state index contributed by atoms with van der Waals surface area (Å²) in [5.41, 5.74) is 0. The third-order valence-electron chi connectivity index (χ3n) is 3.10. The van der Waals surface area contributed by atoms with Crippen LogP contribution in [0.25, 0.3) is 0 Å². The molecule has 0 spiro atoms. The molecule has 8 heteroatoms. The molecule has 0 aliphatic carbocycles. The summed E-state index contributed by atoms with van der Waals surface area (Å²) in [6, 6.07) is -1.00. The van der Waals surface area contributed by atoms with Crippen LogP contribution in [0.2, 0.25) is 0 Å². The topological polar surface area (TPSA) is 79.3 Å². The minimum Gasteiger partial charge on any atom is -0.480 e. The van der Waals surface area contributed by atoms with Crippen molar-refractivity contribution in [3.63, 3.8) is 0 Å². The highest BCUT2D eigenvalue weighted by Gasteiger charge is 2.36. The molecule has 0 aromatic carbocycles. The van der Waals surface area contributed by atoms with E-state index >= 15 is 0 Å². The number of thioether (sulfide) groups is 1.